The maximum atomic E-state index is 10.7. The van der Waals surface area contributed by atoms with Crippen molar-refractivity contribution in [3.05, 3.63) is 0 Å². The molecule has 14 heavy (non-hydrogen) atoms. The number of carbonyl (C=O) groups is 1. The highest BCUT2D eigenvalue weighted by Gasteiger charge is 2.18. The zero-order valence-electron chi connectivity index (χ0n) is 9.14. The number of hydrogen-bond acceptors (Lipinski definition) is 2. The topological polar surface area (TPSA) is 49.3 Å². The smallest absolute Gasteiger partial charge is 0.217 e. The Labute approximate surface area is 99.8 Å². The fourth-order valence-electron chi connectivity index (χ4n) is 1.28. The fourth-order valence-corrected chi connectivity index (χ4v) is 1.66. The maximum absolute atomic E-state index is 10.7. The van der Waals surface area contributed by atoms with Crippen LogP contribution in [0.3, 0.4) is 0 Å². The van der Waals surface area contributed by atoms with Gasteiger partial charge in [-0.2, -0.15) is 0 Å². The molecule has 1 amide bonds. The fraction of sp³-hybridized carbons (Fsp3) is 0.900. The van der Waals surface area contributed by atoms with E-state index in [1.54, 1.807) is 0 Å². The Balaban J connectivity index is 3.58. The van der Waals surface area contributed by atoms with Crippen molar-refractivity contribution in [2.45, 2.75) is 51.7 Å². The van der Waals surface area contributed by atoms with Gasteiger partial charge in [0.1, 0.15) is 0 Å². The van der Waals surface area contributed by atoms with Gasteiger partial charge in [0.2, 0.25) is 5.91 Å². The SMILES string of the molecule is CC(=O)NC(C)CCCC(C)(O)CI. The summed E-state index contributed by atoms with van der Waals surface area (Å²) < 4.78 is 0.749. The molecule has 0 aromatic carbocycles. The molecule has 0 heterocycles. The Bertz CT molecular complexity index is 183. The largest absolute Gasteiger partial charge is 0.389 e. The quantitative estimate of drug-likeness (QED) is 0.581. The average Bonchev–Trinajstić information content (AvgIpc) is 2.02. The number of carbonyl (C=O) groups excluding carboxylic acids is 1. The van der Waals surface area contributed by atoms with Crippen LogP contribution in [-0.4, -0.2) is 27.1 Å². The highest BCUT2D eigenvalue weighted by atomic mass is 127. The monoisotopic (exact) mass is 313 g/mol. The van der Waals surface area contributed by atoms with Crippen LogP contribution >= 0.6 is 22.6 Å². The van der Waals surface area contributed by atoms with Crippen LogP contribution in [0.1, 0.15) is 40.0 Å². The molecule has 4 heteroatoms. The van der Waals surface area contributed by atoms with E-state index in [9.17, 15) is 9.90 Å². The van der Waals surface area contributed by atoms with Crippen molar-refractivity contribution in [1.29, 1.82) is 0 Å². The maximum Gasteiger partial charge on any atom is 0.217 e. The summed E-state index contributed by atoms with van der Waals surface area (Å²) in [5, 5.41) is 12.5. The summed E-state index contributed by atoms with van der Waals surface area (Å²) in [5.74, 6) is 0.0122. The summed E-state index contributed by atoms with van der Waals surface area (Å²) in [6.07, 6.45) is 2.66. The minimum Gasteiger partial charge on any atom is -0.389 e. The molecular formula is C10H20INO2. The van der Waals surface area contributed by atoms with Gasteiger partial charge in [-0.15, -0.1) is 0 Å². The first-order chi connectivity index (χ1) is 6.37. The predicted octanol–water partition coefficient (Wildman–Crippen LogP) is 1.87. The summed E-state index contributed by atoms with van der Waals surface area (Å²) >= 11 is 2.19. The van der Waals surface area contributed by atoms with Crippen LogP contribution in [0, 0.1) is 0 Å². The number of aliphatic hydroxyl groups is 1. The molecule has 2 atom stereocenters. The lowest BCUT2D eigenvalue weighted by atomic mass is 10.00. The summed E-state index contributed by atoms with van der Waals surface area (Å²) in [6.45, 7) is 5.36. The molecule has 0 fully saturated rings. The van der Waals surface area contributed by atoms with E-state index < -0.39 is 5.60 Å². The molecule has 0 saturated heterocycles. The molecule has 0 aromatic heterocycles. The summed E-state index contributed by atoms with van der Waals surface area (Å²) in [4.78, 5) is 10.7. The standard InChI is InChI=1S/C10H20INO2/c1-8(12-9(2)13)5-4-6-10(3,14)7-11/h8,14H,4-7H2,1-3H3,(H,12,13). The predicted molar refractivity (Wildman–Crippen MR) is 66.6 cm³/mol. The third kappa shape index (κ3) is 7.55. The van der Waals surface area contributed by atoms with Crippen LogP contribution in [-0.2, 0) is 4.79 Å². The van der Waals surface area contributed by atoms with Crippen molar-refractivity contribution in [3.63, 3.8) is 0 Å². The number of nitrogens with one attached hydrogen (secondary N) is 1. The molecule has 0 aromatic rings. The van der Waals surface area contributed by atoms with E-state index in [2.05, 4.69) is 27.9 Å². The van der Waals surface area contributed by atoms with Crippen molar-refractivity contribution in [2.75, 3.05) is 4.43 Å². The van der Waals surface area contributed by atoms with Crippen molar-refractivity contribution in [1.82, 2.24) is 5.32 Å². The number of rotatable bonds is 6. The van der Waals surface area contributed by atoms with Gasteiger partial charge in [-0.25, -0.2) is 0 Å². The Morgan fingerprint density at radius 3 is 2.64 bits per heavy atom. The number of hydrogen-bond donors (Lipinski definition) is 2. The lowest BCUT2D eigenvalue weighted by Crippen LogP contribution is -2.31. The van der Waals surface area contributed by atoms with Crippen LogP contribution in [0.25, 0.3) is 0 Å². The molecule has 0 saturated carbocycles. The molecule has 0 spiro atoms. The zero-order chi connectivity index (χ0) is 11.2. The van der Waals surface area contributed by atoms with Crippen molar-refractivity contribution < 1.29 is 9.90 Å². The molecule has 0 aliphatic carbocycles. The number of alkyl halides is 1. The Kier molecular flexibility index (Phi) is 6.68. The molecule has 0 bridgehead atoms. The van der Waals surface area contributed by atoms with E-state index in [0.717, 1.165) is 23.7 Å². The van der Waals surface area contributed by atoms with E-state index in [-0.39, 0.29) is 11.9 Å². The van der Waals surface area contributed by atoms with Gasteiger partial charge in [0.05, 0.1) is 5.60 Å². The minimum atomic E-state index is -0.559. The molecule has 2 N–H and O–H groups in total. The van der Waals surface area contributed by atoms with Crippen LogP contribution in [0.15, 0.2) is 0 Å². The second-order valence-corrected chi connectivity index (χ2v) is 4.89. The average molecular weight is 313 g/mol. The Morgan fingerprint density at radius 1 is 1.64 bits per heavy atom. The van der Waals surface area contributed by atoms with E-state index in [0.29, 0.717) is 0 Å². The molecule has 0 aliphatic rings. The molecule has 84 valence electrons. The third-order valence-electron chi connectivity index (χ3n) is 2.09. The summed E-state index contributed by atoms with van der Waals surface area (Å²) in [5.41, 5.74) is -0.559. The van der Waals surface area contributed by atoms with Gasteiger partial charge < -0.3 is 10.4 Å². The molecule has 3 nitrogen and oxygen atoms in total. The molecule has 0 aliphatic heterocycles. The first-order valence-electron chi connectivity index (χ1n) is 4.93. The van der Waals surface area contributed by atoms with E-state index in [4.69, 9.17) is 0 Å². The molecule has 0 radical (unpaired) electrons. The van der Waals surface area contributed by atoms with Crippen molar-refractivity contribution in [3.8, 4) is 0 Å². The zero-order valence-corrected chi connectivity index (χ0v) is 11.3. The first kappa shape index (κ1) is 14.2. The van der Waals surface area contributed by atoms with Gasteiger partial charge in [-0.1, -0.05) is 22.6 Å². The normalized spacial score (nSPS) is 17.2. The van der Waals surface area contributed by atoms with E-state index >= 15 is 0 Å². The van der Waals surface area contributed by atoms with Gasteiger partial charge in [0.25, 0.3) is 0 Å². The molecular weight excluding hydrogens is 293 g/mol. The van der Waals surface area contributed by atoms with E-state index in [1.807, 2.05) is 13.8 Å². The second-order valence-electron chi connectivity index (χ2n) is 4.12. The number of amides is 1. The molecule has 0 rings (SSSR count). The Morgan fingerprint density at radius 2 is 2.21 bits per heavy atom. The van der Waals surface area contributed by atoms with Gasteiger partial charge in [0.15, 0.2) is 0 Å². The lowest BCUT2D eigenvalue weighted by molar-refractivity contribution is -0.119. The number of halogens is 1. The van der Waals surface area contributed by atoms with Crippen LogP contribution in [0.2, 0.25) is 0 Å². The van der Waals surface area contributed by atoms with Crippen molar-refractivity contribution >= 4 is 28.5 Å². The highest BCUT2D eigenvalue weighted by molar-refractivity contribution is 14.1. The highest BCUT2D eigenvalue weighted by Crippen LogP contribution is 2.16. The first-order valence-corrected chi connectivity index (χ1v) is 6.45. The second kappa shape index (κ2) is 6.61. The minimum absolute atomic E-state index is 0.0122. The van der Waals surface area contributed by atoms with Crippen LogP contribution in [0.4, 0.5) is 0 Å². The lowest BCUT2D eigenvalue weighted by Gasteiger charge is -2.21. The summed E-state index contributed by atoms with van der Waals surface area (Å²) in [7, 11) is 0. The molecule has 2 unspecified atom stereocenters. The van der Waals surface area contributed by atoms with Gasteiger partial charge in [-0.3, -0.25) is 4.79 Å². The van der Waals surface area contributed by atoms with Crippen molar-refractivity contribution in [2.24, 2.45) is 0 Å². The van der Waals surface area contributed by atoms with E-state index in [1.165, 1.54) is 6.92 Å². The summed E-state index contributed by atoms with van der Waals surface area (Å²) in [6, 6.07) is 0.206. The Hall–Kier alpha value is 0.160. The van der Waals surface area contributed by atoms with Gasteiger partial charge in [0, 0.05) is 17.4 Å². The van der Waals surface area contributed by atoms with Crippen LogP contribution < -0.4 is 5.32 Å². The third-order valence-corrected chi connectivity index (χ3v) is 3.73. The van der Waals surface area contributed by atoms with Gasteiger partial charge >= 0.3 is 0 Å². The van der Waals surface area contributed by atoms with Crippen LogP contribution in [0.5, 0.6) is 0 Å². The van der Waals surface area contributed by atoms with Gasteiger partial charge in [-0.05, 0) is 33.1 Å².